The molecule has 2 heterocycles. The highest BCUT2D eigenvalue weighted by molar-refractivity contribution is 6.21. The van der Waals surface area contributed by atoms with E-state index in [-0.39, 0.29) is 30.3 Å². The Labute approximate surface area is 190 Å². The molecule has 0 saturated carbocycles. The molecule has 0 spiro atoms. The van der Waals surface area contributed by atoms with Crippen molar-refractivity contribution in [1.29, 1.82) is 0 Å². The lowest BCUT2D eigenvalue weighted by atomic mass is 9.99. The minimum absolute atomic E-state index is 0.0662. The van der Waals surface area contributed by atoms with E-state index in [1.807, 2.05) is 24.3 Å². The first kappa shape index (κ1) is 20.8. The average molecular weight is 442 g/mol. The fourth-order valence-electron chi connectivity index (χ4n) is 4.32. The van der Waals surface area contributed by atoms with Crippen LogP contribution in [0.2, 0.25) is 0 Å². The molecule has 0 saturated heterocycles. The van der Waals surface area contributed by atoms with Crippen LogP contribution in [0.15, 0.2) is 66.7 Å². The molecule has 1 N–H and O–H groups in total. The van der Waals surface area contributed by atoms with E-state index in [4.69, 9.17) is 9.47 Å². The number of hydrogen-bond acceptors (Lipinski definition) is 5. The summed E-state index contributed by atoms with van der Waals surface area (Å²) >= 11 is 0. The standard InChI is InChI=1S/C26H22N2O5/c1-32-22-11-10-16(15-28-25(30)17-6-2-3-7-18(17)26(28)31)14-20(22)24(29)27-21-12-13-33-23-9-5-4-8-19(21)23/h2-11,14,21H,12-13,15H2,1H3,(H,27,29)/t21-/m1/s1. The van der Waals surface area contributed by atoms with Crippen molar-refractivity contribution >= 4 is 17.7 Å². The molecule has 0 unspecified atom stereocenters. The minimum atomic E-state index is -0.337. The zero-order valence-corrected chi connectivity index (χ0v) is 18.0. The summed E-state index contributed by atoms with van der Waals surface area (Å²) in [6.07, 6.45) is 0.653. The van der Waals surface area contributed by atoms with Gasteiger partial charge in [0.05, 0.1) is 43.0 Å². The third-order valence-corrected chi connectivity index (χ3v) is 5.99. The quantitative estimate of drug-likeness (QED) is 0.609. The molecule has 2 aliphatic heterocycles. The Kier molecular flexibility index (Phi) is 5.30. The van der Waals surface area contributed by atoms with E-state index in [9.17, 15) is 14.4 Å². The van der Waals surface area contributed by atoms with Crippen molar-refractivity contribution < 1.29 is 23.9 Å². The first-order valence-electron chi connectivity index (χ1n) is 10.7. The molecule has 33 heavy (non-hydrogen) atoms. The van der Waals surface area contributed by atoms with Crippen LogP contribution in [-0.2, 0) is 6.54 Å². The van der Waals surface area contributed by atoms with E-state index >= 15 is 0 Å². The Hall–Kier alpha value is -4.13. The third kappa shape index (κ3) is 3.71. The molecule has 1 atom stereocenters. The Morgan fingerprint density at radius 1 is 1.03 bits per heavy atom. The molecule has 3 aromatic rings. The summed E-state index contributed by atoms with van der Waals surface area (Å²) in [5.74, 6) is 0.213. The van der Waals surface area contributed by atoms with E-state index in [2.05, 4.69) is 5.32 Å². The van der Waals surface area contributed by atoms with Crippen LogP contribution in [0.5, 0.6) is 11.5 Å². The average Bonchev–Trinajstić information content (AvgIpc) is 3.09. The molecular weight excluding hydrogens is 420 g/mol. The lowest BCUT2D eigenvalue weighted by Crippen LogP contribution is -2.32. The predicted molar refractivity (Wildman–Crippen MR) is 120 cm³/mol. The Balaban J connectivity index is 1.39. The topological polar surface area (TPSA) is 84.9 Å². The zero-order valence-electron chi connectivity index (χ0n) is 18.0. The number of carbonyl (C=O) groups excluding carboxylic acids is 3. The maximum Gasteiger partial charge on any atom is 0.261 e. The van der Waals surface area contributed by atoms with Crippen LogP contribution < -0.4 is 14.8 Å². The van der Waals surface area contributed by atoms with Gasteiger partial charge in [0.25, 0.3) is 17.7 Å². The van der Waals surface area contributed by atoms with Crippen molar-refractivity contribution in [2.24, 2.45) is 0 Å². The molecule has 0 aliphatic carbocycles. The van der Waals surface area contributed by atoms with Gasteiger partial charge in [-0.15, -0.1) is 0 Å². The number of nitrogens with one attached hydrogen (secondary N) is 1. The number of rotatable bonds is 5. The van der Waals surface area contributed by atoms with Crippen LogP contribution in [-0.4, -0.2) is 36.3 Å². The van der Waals surface area contributed by atoms with Gasteiger partial charge in [0.15, 0.2) is 0 Å². The van der Waals surface area contributed by atoms with Crippen LogP contribution in [0.4, 0.5) is 0 Å². The fourth-order valence-corrected chi connectivity index (χ4v) is 4.32. The number of imide groups is 1. The lowest BCUT2D eigenvalue weighted by Gasteiger charge is -2.27. The van der Waals surface area contributed by atoms with Gasteiger partial charge in [0.1, 0.15) is 11.5 Å². The van der Waals surface area contributed by atoms with Gasteiger partial charge in [-0.2, -0.15) is 0 Å². The number of fused-ring (bicyclic) bond motifs is 2. The molecule has 5 rings (SSSR count). The van der Waals surface area contributed by atoms with E-state index in [0.29, 0.717) is 41.0 Å². The van der Waals surface area contributed by atoms with Crippen molar-refractivity contribution in [1.82, 2.24) is 10.2 Å². The van der Waals surface area contributed by atoms with Crippen LogP contribution in [0.1, 0.15) is 54.7 Å². The minimum Gasteiger partial charge on any atom is -0.496 e. The second-order valence-corrected chi connectivity index (χ2v) is 7.98. The molecule has 0 aromatic heterocycles. The molecule has 0 bridgehead atoms. The first-order chi connectivity index (χ1) is 16.1. The molecule has 0 radical (unpaired) electrons. The Morgan fingerprint density at radius 2 is 1.73 bits per heavy atom. The number of ether oxygens (including phenoxy) is 2. The summed E-state index contributed by atoms with van der Waals surface area (Å²) in [6.45, 7) is 0.579. The van der Waals surface area contributed by atoms with Gasteiger partial charge in [0.2, 0.25) is 0 Å². The van der Waals surface area contributed by atoms with Gasteiger partial charge in [-0.05, 0) is 35.9 Å². The molecule has 7 nitrogen and oxygen atoms in total. The number of nitrogens with zero attached hydrogens (tertiary/aromatic N) is 1. The number of para-hydroxylation sites is 1. The van der Waals surface area contributed by atoms with Crippen LogP contribution >= 0.6 is 0 Å². The predicted octanol–water partition coefficient (Wildman–Crippen LogP) is 3.75. The number of amides is 3. The number of carbonyl (C=O) groups is 3. The maximum absolute atomic E-state index is 13.2. The summed E-state index contributed by atoms with van der Waals surface area (Å²) in [5, 5.41) is 3.07. The van der Waals surface area contributed by atoms with E-state index in [0.717, 1.165) is 11.3 Å². The Bertz CT molecular complexity index is 1230. The third-order valence-electron chi connectivity index (χ3n) is 5.99. The zero-order chi connectivity index (χ0) is 22.9. The van der Waals surface area contributed by atoms with Gasteiger partial charge in [-0.3, -0.25) is 19.3 Å². The van der Waals surface area contributed by atoms with Gasteiger partial charge >= 0.3 is 0 Å². The van der Waals surface area contributed by atoms with Crippen molar-refractivity contribution in [3.63, 3.8) is 0 Å². The highest BCUT2D eigenvalue weighted by atomic mass is 16.5. The van der Waals surface area contributed by atoms with Crippen molar-refractivity contribution in [2.45, 2.75) is 19.0 Å². The highest BCUT2D eigenvalue weighted by Crippen LogP contribution is 2.32. The molecule has 0 fully saturated rings. The van der Waals surface area contributed by atoms with Gasteiger partial charge in [0, 0.05) is 12.0 Å². The highest BCUT2D eigenvalue weighted by Gasteiger charge is 2.35. The Morgan fingerprint density at radius 3 is 2.45 bits per heavy atom. The molecule has 3 amide bonds. The van der Waals surface area contributed by atoms with Gasteiger partial charge in [-0.25, -0.2) is 0 Å². The number of hydrogen-bond donors (Lipinski definition) is 1. The second-order valence-electron chi connectivity index (χ2n) is 7.98. The van der Waals surface area contributed by atoms with E-state index in [1.54, 1.807) is 42.5 Å². The van der Waals surface area contributed by atoms with Crippen molar-refractivity contribution in [2.75, 3.05) is 13.7 Å². The molecular formula is C26H22N2O5. The monoisotopic (exact) mass is 442 g/mol. The molecule has 7 heteroatoms. The summed E-state index contributed by atoms with van der Waals surface area (Å²) in [4.78, 5) is 39.9. The fraction of sp³-hybridized carbons (Fsp3) is 0.192. The van der Waals surface area contributed by atoms with E-state index < -0.39 is 0 Å². The largest absolute Gasteiger partial charge is 0.496 e. The number of methoxy groups -OCH3 is 1. The van der Waals surface area contributed by atoms with Crippen LogP contribution in [0, 0.1) is 0 Å². The number of benzene rings is 3. The van der Waals surface area contributed by atoms with E-state index in [1.165, 1.54) is 12.0 Å². The SMILES string of the molecule is COc1ccc(CN2C(=O)c3ccccc3C2=O)cc1C(=O)N[C@@H]1CCOc2ccccc21. The normalized spacial score (nSPS) is 16.6. The van der Waals surface area contributed by atoms with Crippen LogP contribution in [0.25, 0.3) is 0 Å². The van der Waals surface area contributed by atoms with Crippen molar-refractivity contribution in [3.05, 3.63) is 94.5 Å². The van der Waals surface area contributed by atoms with Crippen LogP contribution in [0.3, 0.4) is 0 Å². The van der Waals surface area contributed by atoms with Gasteiger partial charge < -0.3 is 14.8 Å². The molecule has 166 valence electrons. The maximum atomic E-state index is 13.2. The lowest BCUT2D eigenvalue weighted by molar-refractivity contribution is 0.0642. The summed E-state index contributed by atoms with van der Waals surface area (Å²) in [6, 6.07) is 19.3. The first-order valence-corrected chi connectivity index (χ1v) is 10.7. The smallest absolute Gasteiger partial charge is 0.261 e. The van der Waals surface area contributed by atoms with Gasteiger partial charge in [-0.1, -0.05) is 36.4 Å². The summed E-state index contributed by atoms with van der Waals surface area (Å²) < 4.78 is 11.1. The molecule has 2 aliphatic rings. The second kappa shape index (κ2) is 8.43. The van der Waals surface area contributed by atoms with Crippen molar-refractivity contribution in [3.8, 4) is 11.5 Å². The summed E-state index contributed by atoms with van der Waals surface area (Å²) in [7, 11) is 1.50. The summed E-state index contributed by atoms with van der Waals surface area (Å²) in [5.41, 5.74) is 2.72. The molecule has 3 aromatic carbocycles.